The fourth-order valence-corrected chi connectivity index (χ4v) is 5.55. The Morgan fingerprint density at radius 3 is 2.35 bits per heavy atom. The first-order chi connectivity index (χ1) is 22.9. The van der Waals surface area contributed by atoms with E-state index in [1.165, 1.54) is 24.4 Å². The van der Waals surface area contributed by atoms with Gasteiger partial charge < -0.3 is 15.8 Å². The number of fused-ring (bicyclic) bond motifs is 1. The molecule has 5 rings (SSSR count). The van der Waals surface area contributed by atoms with Gasteiger partial charge in [0.15, 0.2) is 5.69 Å². The molecule has 0 spiro atoms. The van der Waals surface area contributed by atoms with E-state index in [0.717, 1.165) is 27.8 Å². The number of primary amides is 1. The minimum Gasteiger partial charge on any atom is -0.443 e. The van der Waals surface area contributed by atoms with Crippen LogP contribution in [0.25, 0.3) is 11.1 Å². The molecule has 1 unspecified atom stereocenters. The fourth-order valence-electron chi connectivity index (χ4n) is 5.55. The molecule has 0 fully saturated rings. The predicted octanol–water partition coefficient (Wildman–Crippen LogP) is 5.88. The van der Waals surface area contributed by atoms with Gasteiger partial charge in [0, 0.05) is 30.8 Å². The molecule has 10 nitrogen and oxygen atoms in total. The van der Waals surface area contributed by atoms with Crippen LogP contribution >= 0.6 is 0 Å². The summed E-state index contributed by atoms with van der Waals surface area (Å²) in [7, 11) is 0. The summed E-state index contributed by atoms with van der Waals surface area (Å²) in [5, 5.41) is 6.32. The van der Waals surface area contributed by atoms with Gasteiger partial charge in [-0.3, -0.25) is 24.2 Å². The van der Waals surface area contributed by atoms with Gasteiger partial charge in [0.05, 0.1) is 23.0 Å². The van der Waals surface area contributed by atoms with Gasteiger partial charge in [0.1, 0.15) is 35.3 Å². The van der Waals surface area contributed by atoms with Gasteiger partial charge in [-0.25, -0.2) is 18.0 Å². The number of alkyl halides is 3. The molecule has 2 aromatic heterocycles. The van der Waals surface area contributed by atoms with E-state index in [9.17, 15) is 40.7 Å². The third kappa shape index (κ3) is 7.84. The van der Waals surface area contributed by atoms with Crippen LogP contribution in [0.5, 0.6) is 0 Å². The summed E-state index contributed by atoms with van der Waals surface area (Å²) in [6.45, 7) is 3.81. The molecule has 0 bridgehead atoms. The van der Waals surface area contributed by atoms with Gasteiger partial charge >= 0.3 is 12.3 Å². The normalized spacial score (nSPS) is 13.6. The van der Waals surface area contributed by atoms with E-state index < -0.39 is 76.7 Å². The van der Waals surface area contributed by atoms with E-state index in [4.69, 9.17) is 10.5 Å². The summed E-state index contributed by atoms with van der Waals surface area (Å²) in [4.78, 5) is 43.4. The zero-order valence-corrected chi connectivity index (χ0v) is 26.4. The van der Waals surface area contributed by atoms with E-state index in [-0.39, 0.29) is 41.9 Å². The van der Waals surface area contributed by atoms with Gasteiger partial charge in [-0.15, -0.1) is 0 Å². The maximum Gasteiger partial charge on any atom is 0.437 e. The van der Waals surface area contributed by atoms with Crippen molar-refractivity contribution in [1.82, 2.24) is 20.1 Å². The lowest BCUT2D eigenvalue weighted by Gasteiger charge is -2.24. The summed E-state index contributed by atoms with van der Waals surface area (Å²) >= 11 is 0. The first-order valence-corrected chi connectivity index (χ1v) is 14.9. The lowest BCUT2D eigenvalue weighted by atomic mass is 9.94. The average molecular weight is 689 g/mol. The van der Waals surface area contributed by atoms with Crippen LogP contribution in [-0.2, 0) is 35.1 Å². The molecule has 1 aliphatic rings. The molecule has 258 valence electrons. The highest BCUT2D eigenvalue weighted by atomic mass is 19.4. The number of aromatic nitrogens is 3. The van der Waals surface area contributed by atoms with E-state index >= 15 is 0 Å². The smallest absolute Gasteiger partial charge is 0.437 e. The largest absolute Gasteiger partial charge is 0.443 e. The van der Waals surface area contributed by atoms with Gasteiger partial charge in [-0.1, -0.05) is 12.1 Å². The van der Waals surface area contributed by atoms with E-state index in [1.54, 1.807) is 26.8 Å². The molecular formula is C33H30F6N6O4. The second-order valence-electron chi connectivity index (χ2n) is 12.3. The number of benzene rings is 2. The second-order valence-corrected chi connectivity index (χ2v) is 12.3. The quantitative estimate of drug-likeness (QED) is 0.223. The summed E-state index contributed by atoms with van der Waals surface area (Å²) in [6, 6.07) is 8.18. The highest BCUT2D eigenvalue weighted by Crippen LogP contribution is 2.42. The Morgan fingerprint density at radius 2 is 1.71 bits per heavy atom. The topological polar surface area (TPSA) is 132 Å². The van der Waals surface area contributed by atoms with Crippen molar-refractivity contribution in [2.75, 3.05) is 11.4 Å². The molecule has 0 aliphatic carbocycles. The maximum absolute atomic E-state index is 14.3. The number of nitrogens with two attached hydrogens (primary N) is 1. The number of carbonyl (C=O) groups is 3. The average Bonchev–Trinajstić information content (AvgIpc) is 3.57. The van der Waals surface area contributed by atoms with Crippen molar-refractivity contribution in [2.45, 2.75) is 58.0 Å². The summed E-state index contributed by atoms with van der Waals surface area (Å²) in [5.41, 5.74) is 2.77. The van der Waals surface area contributed by atoms with Crippen molar-refractivity contribution in [1.29, 1.82) is 0 Å². The number of halogens is 6. The van der Waals surface area contributed by atoms with Crippen molar-refractivity contribution < 1.29 is 45.5 Å². The number of amides is 3. The monoisotopic (exact) mass is 688 g/mol. The predicted molar refractivity (Wildman–Crippen MR) is 164 cm³/mol. The molecule has 3 heterocycles. The second kappa shape index (κ2) is 13.2. The molecular weight excluding hydrogens is 658 g/mol. The van der Waals surface area contributed by atoms with E-state index in [2.05, 4.69) is 15.4 Å². The standard InChI is InChI=1S/C33H30F6N6O4/c1-32(2,3)49-31(48)44-10-8-25-28(44)29(33(37,38)39)43-45(25)16-26(46)42-24(13-17-11-19(34)15-20(35)12-17)27-21(5-4-9-41-27)18-6-7-23(36)22(14-18)30(40)47/h4-7,9,11-12,14-15,24H,8,10,13,16H2,1-3H3,(H2,40,47)(H,42,46). The van der Waals surface area contributed by atoms with Gasteiger partial charge in [0.2, 0.25) is 5.91 Å². The van der Waals surface area contributed by atoms with Crippen LogP contribution in [-0.4, -0.2) is 44.8 Å². The number of ether oxygens (including phenoxy) is 1. The van der Waals surface area contributed by atoms with Gasteiger partial charge in [-0.05, 0) is 68.7 Å². The molecule has 1 atom stereocenters. The highest BCUT2D eigenvalue weighted by molar-refractivity contribution is 5.94. The molecule has 2 aromatic carbocycles. The molecule has 1 aliphatic heterocycles. The number of hydrogen-bond donors (Lipinski definition) is 2. The molecule has 3 amide bonds. The lowest BCUT2D eigenvalue weighted by molar-refractivity contribution is -0.141. The zero-order chi connectivity index (χ0) is 35.8. The number of pyridine rings is 1. The Hall–Kier alpha value is -5.41. The maximum atomic E-state index is 14.3. The summed E-state index contributed by atoms with van der Waals surface area (Å²) in [5.74, 6) is -4.57. The fraction of sp³-hybridized carbons (Fsp3) is 0.303. The van der Waals surface area contributed by atoms with Crippen LogP contribution in [0.15, 0.2) is 54.7 Å². The number of anilines is 1. The third-order valence-electron chi connectivity index (χ3n) is 7.46. The number of nitrogens with one attached hydrogen (secondary N) is 1. The number of nitrogens with zero attached hydrogens (tertiary/aromatic N) is 4. The number of rotatable bonds is 8. The Bertz CT molecular complexity index is 1920. The molecule has 16 heteroatoms. The molecule has 0 saturated heterocycles. The van der Waals surface area contributed by atoms with Crippen LogP contribution < -0.4 is 16.0 Å². The molecule has 0 saturated carbocycles. The van der Waals surface area contributed by atoms with Crippen molar-refractivity contribution >= 4 is 23.6 Å². The summed E-state index contributed by atoms with van der Waals surface area (Å²) in [6.07, 6.45) is -4.93. The highest BCUT2D eigenvalue weighted by Gasteiger charge is 2.45. The van der Waals surface area contributed by atoms with Crippen molar-refractivity contribution in [3.05, 3.63) is 100 Å². The van der Waals surface area contributed by atoms with Crippen molar-refractivity contribution in [3.63, 3.8) is 0 Å². The first-order valence-electron chi connectivity index (χ1n) is 14.9. The minimum atomic E-state index is -4.98. The van der Waals surface area contributed by atoms with Gasteiger partial charge in [0.25, 0.3) is 5.91 Å². The van der Waals surface area contributed by atoms with Crippen LogP contribution in [0.4, 0.5) is 36.8 Å². The minimum absolute atomic E-state index is 0.0269. The van der Waals surface area contributed by atoms with Crippen LogP contribution in [0.2, 0.25) is 0 Å². The molecule has 3 N–H and O–H groups in total. The molecule has 4 aromatic rings. The zero-order valence-electron chi connectivity index (χ0n) is 26.4. The van der Waals surface area contributed by atoms with E-state index in [1.807, 2.05) is 0 Å². The lowest BCUT2D eigenvalue weighted by Crippen LogP contribution is -2.36. The number of carbonyl (C=O) groups excluding carboxylic acids is 3. The molecule has 49 heavy (non-hydrogen) atoms. The van der Waals surface area contributed by atoms with Crippen LogP contribution in [0.1, 0.15) is 59.8 Å². The van der Waals surface area contributed by atoms with Crippen LogP contribution in [0.3, 0.4) is 0 Å². The van der Waals surface area contributed by atoms with Crippen LogP contribution in [0, 0.1) is 17.5 Å². The first kappa shape index (κ1) is 34.9. The Labute approximate surface area is 275 Å². The third-order valence-corrected chi connectivity index (χ3v) is 7.46. The SMILES string of the molecule is CC(C)(C)OC(=O)N1CCc2c1c(C(F)(F)F)nn2CC(=O)NC(Cc1cc(F)cc(F)c1)c1ncccc1-c1ccc(F)c(C(N)=O)c1. The Kier molecular flexibility index (Phi) is 9.43. The van der Waals surface area contributed by atoms with E-state index in [0.29, 0.717) is 11.6 Å². The van der Waals surface area contributed by atoms with Gasteiger partial charge in [-0.2, -0.15) is 18.3 Å². The Morgan fingerprint density at radius 1 is 1.02 bits per heavy atom. The Balaban J connectivity index is 1.52. The van der Waals surface area contributed by atoms with Crippen molar-refractivity contribution in [2.24, 2.45) is 5.73 Å². The number of hydrogen-bond acceptors (Lipinski definition) is 6. The molecule has 0 radical (unpaired) electrons. The van der Waals surface area contributed by atoms with Crippen molar-refractivity contribution in [3.8, 4) is 11.1 Å². The summed E-state index contributed by atoms with van der Waals surface area (Å²) < 4.78 is 91.2.